The fraction of sp³-hybridized carbons (Fsp3) is 0.318. The minimum Gasteiger partial charge on any atom is -0.493 e. The minimum atomic E-state index is -3.45. The Labute approximate surface area is 195 Å². The number of rotatable bonds is 7. The molecule has 0 aliphatic heterocycles. The summed E-state index contributed by atoms with van der Waals surface area (Å²) < 4.78 is 42.4. The SMILES string of the molecule is COC(=O)Cn1c(=NC(=O)c2ccc(S(=O)(=O)C(C)C)cc2)sc2cc(OC)c(OC)cc21. The maximum Gasteiger partial charge on any atom is 0.325 e. The molecule has 1 heterocycles. The second-order valence-electron chi connectivity index (χ2n) is 7.26. The van der Waals surface area contributed by atoms with Crippen molar-refractivity contribution in [2.75, 3.05) is 21.3 Å². The lowest BCUT2D eigenvalue weighted by atomic mass is 10.2. The van der Waals surface area contributed by atoms with Gasteiger partial charge in [-0.15, -0.1) is 0 Å². The molecule has 0 spiro atoms. The third-order valence-corrected chi connectivity index (χ3v) is 8.16. The van der Waals surface area contributed by atoms with Gasteiger partial charge in [0, 0.05) is 17.7 Å². The highest BCUT2D eigenvalue weighted by Crippen LogP contribution is 2.33. The number of amides is 1. The highest BCUT2D eigenvalue weighted by Gasteiger charge is 2.20. The fourth-order valence-corrected chi connectivity index (χ4v) is 5.14. The number of carbonyl (C=O) groups is 2. The number of benzene rings is 2. The minimum absolute atomic E-state index is 0.135. The summed E-state index contributed by atoms with van der Waals surface area (Å²) in [5.41, 5.74) is 0.836. The van der Waals surface area contributed by atoms with E-state index in [1.54, 1.807) is 30.5 Å². The average molecular weight is 493 g/mol. The molecule has 2 aromatic carbocycles. The molecule has 3 aromatic rings. The van der Waals surface area contributed by atoms with Gasteiger partial charge in [-0.1, -0.05) is 11.3 Å². The zero-order valence-electron chi connectivity index (χ0n) is 18.8. The number of esters is 1. The van der Waals surface area contributed by atoms with Crippen LogP contribution in [0.3, 0.4) is 0 Å². The summed E-state index contributed by atoms with van der Waals surface area (Å²) in [6.07, 6.45) is 0. The molecule has 0 bridgehead atoms. The molecule has 1 amide bonds. The first-order chi connectivity index (χ1) is 15.6. The zero-order valence-corrected chi connectivity index (χ0v) is 20.5. The lowest BCUT2D eigenvalue weighted by Gasteiger charge is -2.09. The molecule has 11 heteroatoms. The van der Waals surface area contributed by atoms with E-state index in [2.05, 4.69) is 4.99 Å². The van der Waals surface area contributed by atoms with Gasteiger partial charge in [0.15, 0.2) is 26.1 Å². The number of hydrogen-bond donors (Lipinski definition) is 0. The number of fused-ring (bicyclic) bond motifs is 1. The maximum absolute atomic E-state index is 12.9. The molecule has 176 valence electrons. The average Bonchev–Trinajstić information content (AvgIpc) is 3.13. The first kappa shape index (κ1) is 24.5. The number of methoxy groups -OCH3 is 3. The Balaban J connectivity index is 2.11. The van der Waals surface area contributed by atoms with Crippen molar-refractivity contribution in [3.63, 3.8) is 0 Å². The summed E-state index contributed by atoms with van der Waals surface area (Å²) in [6.45, 7) is 3.02. The Hall–Kier alpha value is -3.18. The van der Waals surface area contributed by atoms with E-state index >= 15 is 0 Å². The van der Waals surface area contributed by atoms with Crippen molar-refractivity contribution in [2.24, 2.45) is 4.99 Å². The van der Waals surface area contributed by atoms with E-state index in [1.165, 1.54) is 56.9 Å². The molecular weight excluding hydrogens is 468 g/mol. The van der Waals surface area contributed by atoms with Crippen LogP contribution in [-0.4, -0.2) is 51.4 Å². The topological polar surface area (TPSA) is 113 Å². The first-order valence-electron chi connectivity index (χ1n) is 9.87. The molecule has 33 heavy (non-hydrogen) atoms. The maximum atomic E-state index is 12.9. The zero-order chi connectivity index (χ0) is 24.3. The van der Waals surface area contributed by atoms with Crippen LogP contribution in [-0.2, 0) is 25.9 Å². The van der Waals surface area contributed by atoms with E-state index in [0.717, 1.165) is 4.70 Å². The summed E-state index contributed by atoms with van der Waals surface area (Å²) >= 11 is 1.20. The van der Waals surface area contributed by atoms with Gasteiger partial charge < -0.3 is 18.8 Å². The molecule has 0 radical (unpaired) electrons. The van der Waals surface area contributed by atoms with Crippen LogP contribution in [0, 0.1) is 0 Å². The lowest BCUT2D eigenvalue weighted by Crippen LogP contribution is -2.22. The molecule has 0 atom stereocenters. The number of ether oxygens (including phenoxy) is 3. The van der Waals surface area contributed by atoms with Gasteiger partial charge in [0.05, 0.1) is 41.7 Å². The van der Waals surface area contributed by atoms with Crippen LogP contribution in [0.1, 0.15) is 24.2 Å². The predicted octanol–water partition coefficient (Wildman–Crippen LogP) is 2.82. The van der Waals surface area contributed by atoms with E-state index in [4.69, 9.17) is 14.2 Å². The summed E-state index contributed by atoms with van der Waals surface area (Å²) in [5.74, 6) is -0.133. The van der Waals surface area contributed by atoms with Crippen LogP contribution in [0.25, 0.3) is 10.2 Å². The van der Waals surface area contributed by atoms with E-state index < -0.39 is 27.0 Å². The molecule has 0 saturated heterocycles. The Kier molecular flexibility index (Phi) is 7.23. The van der Waals surface area contributed by atoms with E-state index in [1.807, 2.05) is 0 Å². The largest absolute Gasteiger partial charge is 0.493 e. The van der Waals surface area contributed by atoms with Gasteiger partial charge in [0.2, 0.25) is 0 Å². The first-order valence-corrected chi connectivity index (χ1v) is 12.2. The molecular formula is C22H24N2O7S2. The number of sulfone groups is 1. The third kappa shape index (κ3) is 4.93. The van der Waals surface area contributed by atoms with Crippen LogP contribution in [0.5, 0.6) is 11.5 Å². The second-order valence-corrected chi connectivity index (χ2v) is 10.8. The van der Waals surface area contributed by atoms with Crippen molar-refractivity contribution in [2.45, 2.75) is 30.5 Å². The van der Waals surface area contributed by atoms with Gasteiger partial charge >= 0.3 is 5.97 Å². The number of thiazole rings is 1. The standard InChI is InChI=1S/C22H24N2O7S2/c1-13(2)33(27,28)15-8-6-14(7-9-15)21(26)23-22-24(12-20(25)31-5)16-10-17(29-3)18(30-4)11-19(16)32-22/h6-11,13H,12H2,1-5H3. The highest BCUT2D eigenvalue weighted by atomic mass is 32.2. The van der Waals surface area contributed by atoms with Gasteiger partial charge in [0.1, 0.15) is 6.54 Å². The Morgan fingerprint density at radius 3 is 2.18 bits per heavy atom. The van der Waals surface area contributed by atoms with Crippen LogP contribution in [0.15, 0.2) is 46.3 Å². The molecule has 0 N–H and O–H groups in total. The summed E-state index contributed by atoms with van der Waals surface area (Å²) in [7, 11) is 0.833. The van der Waals surface area contributed by atoms with Crippen molar-refractivity contribution in [1.29, 1.82) is 0 Å². The van der Waals surface area contributed by atoms with Crippen LogP contribution in [0.4, 0.5) is 0 Å². The van der Waals surface area contributed by atoms with Gasteiger partial charge in [-0.2, -0.15) is 4.99 Å². The second kappa shape index (κ2) is 9.75. The molecule has 0 aliphatic carbocycles. The van der Waals surface area contributed by atoms with Crippen molar-refractivity contribution >= 4 is 43.3 Å². The van der Waals surface area contributed by atoms with Crippen molar-refractivity contribution in [3.05, 3.63) is 46.8 Å². The molecule has 3 rings (SSSR count). The summed E-state index contributed by atoms with van der Waals surface area (Å²) in [5, 5.41) is -0.575. The molecule has 0 unspecified atom stereocenters. The lowest BCUT2D eigenvalue weighted by molar-refractivity contribution is -0.141. The highest BCUT2D eigenvalue weighted by molar-refractivity contribution is 7.92. The number of nitrogens with zero attached hydrogens (tertiary/aromatic N) is 2. The van der Waals surface area contributed by atoms with Crippen molar-refractivity contribution < 1.29 is 32.2 Å². The number of aromatic nitrogens is 1. The third-order valence-electron chi connectivity index (χ3n) is 4.95. The summed E-state index contributed by atoms with van der Waals surface area (Å²) in [6, 6.07) is 9.06. The van der Waals surface area contributed by atoms with Gasteiger partial charge in [0.25, 0.3) is 5.91 Å². The molecule has 0 aliphatic rings. The quantitative estimate of drug-likeness (QED) is 0.466. The van der Waals surface area contributed by atoms with E-state index in [9.17, 15) is 18.0 Å². The number of hydrogen-bond acceptors (Lipinski definition) is 8. The monoisotopic (exact) mass is 492 g/mol. The van der Waals surface area contributed by atoms with E-state index in [0.29, 0.717) is 17.0 Å². The van der Waals surface area contributed by atoms with Crippen LogP contribution in [0.2, 0.25) is 0 Å². The normalized spacial score (nSPS) is 12.2. The molecule has 1 aromatic heterocycles. The van der Waals surface area contributed by atoms with E-state index in [-0.39, 0.29) is 21.8 Å². The molecule has 0 saturated carbocycles. The fourth-order valence-electron chi connectivity index (χ4n) is 3.04. The molecule has 9 nitrogen and oxygen atoms in total. The number of carbonyl (C=O) groups excluding carboxylic acids is 2. The smallest absolute Gasteiger partial charge is 0.325 e. The Bertz CT molecular complexity index is 1370. The van der Waals surface area contributed by atoms with Crippen molar-refractivity contribution in [3.8, 4) is 11.5 Å². The Morgan fingerprint density at radius 1 is 1.03 bits per heavy atom. The van der Waals surface area contributed by atoms with Gasteiger partial charge in [-0.25, -0.2) is 8.42 Å². The Morgan fingerprint density at radius 2 is 1.64 bits per heavy atom. The molecule has 0 fully saturated rings. The summed E-state index contributed by atoms with van der Waals surface area (Å²) in [4.78, 5) is 29.5. The van der Waals surface area contributed by atoms with Gasteiger partial charge in [-0.3, -0.25) is 9.59 Å². The van der Waals surface area contributed by atoms with Crippen LogP contribution < -0.4 is 14.3 Å². The van der Waals surface area contributed by atoms with Crippen LogP contribution >= 0.6 is 11.3 Å². The van der Waals surface area contributed by atoms with Gasteiger partial charge in [-0.05, 0) is 38.1 Å². The predicted molar refractivity (Wildman–Crippen MR) is 124 cm³/mol. The van der Waals surface area contributed by atoms with Crippen molar-refractivity contribution in [1.82, 2.24) is 4.57 Å².